The summed E-state index contributed by atoms with van der Waals surface area (Å²) < 4.78 is 11.1. The molecule has 4 N–H and O–H groups in total. The Kier molecular flexibility index (Phi) is 9.71. The van der Waals surface area contributed by atoms with Crippen LogP contribution in [0.25, 0.3) is 0 Å². The summed E-state index contributed by atoms with van der Waals surface area (Å²) in [5.74, 6) is 0.822. The number of aliphatic hydroxyl groups excluding tert-OH is 4. The largest absolute Gasteiger partial charge is 0.394 e. The number of hydrogen-bond acceptors (Lipinski definition) is 6. The first-order valence-electron chi connectivity index (χ1n) is 9.15. The zero-order chi connectivity index (χ0) is 18.3. The highest BCUT2D eigenvalue weighted by Gasteiger charge is 2.30. The molecule has 2 aliphatic rings. The lowest BCUT2D eigenvalue weighted by Crippen LogP contribution is -2.39. The van der Waals surface area contributed by atoms with Crippen LogP contribution < -0.4 is 0 Å². The third kappa shape index (κ3) is 7.33. The summed E-state index contributed by atoms with van der Waals surface area (Å²) in [6, 6.07) is 0. The Morgan fingerprint density at radius 3 is 1.29 bits per heavy atom. The van der Waals surface area contributed by atoms with E-state index < -0.39 is 0 Å². The van der Waals surface area contributed by atoms with Crippen molar-refractivity contribution in [3.05, 3.63) is 0 Å². The van der Waals surface area contributed by atoms with Crippen molar-refractivity contribution in [3.8, 4) is 0 Å². The fraction of sp³-hybridized carbons (Fsp3) is 1.00. The van der Waals surface area contributed by atoms with Crippen molar-refractivity contribution in [2.75, 3.05) is 13.2 Å². The molecule has 0 aromatic rings. The van der Waals surface area contributed by atoms with Crippen LogP contribution in [0.2, 0.25) is 0 Å². The molecule has 2 aliphatic heterocycles. The van der Waals surface area contributed by atoms with Crippen molar-refractivity contribution >= 4 is 0 Å². The molecule has 0 spiro atoms. The van der Waals surface area contributed by atoms with Crippen molar-refractivity contribution in [3.63, 3.8) is 0 Å². The molecular formula is C18H36O6. The summed E-state index contributed by atoms with van der Waals surface area (Å²) in [6.45, 7) is 8.29. The molecule has 0 aliphatic carbocycles. The van der Waals surface area contributed by atoms with Gasteiger partial charge >= 0.3 is 0 Å². The molecule has 2 rings (SSSR count). The van der Waals surface area contributed by atoms with E-state index in [1.165, 1.54) is 0 Å². The van der Waals surface area contributed by atoms with Crippen LogP contribution in [0.3, 0.4) is 0 Å². The second kappa shape index (κ2) is 10.7. The summed E-state index contributed by atoms with van der Waals surface area (Å²) in [6.07, 6.45) is 1.81. The predicted octanol–water partition coefficient (Wildman–Crippen LogP) is 1.09. The molecule has 0 aromatic heterocycles. The van der Waals surface area contributed by atoms with E-state index in [4.69, 9.17) is 19.7 Å². The zero-order valence-corrected chi connectivity index (χ0v) is 15.5. The quantitative estimate of drug-likeness (QED) is 0.607. The lowest BCUT2D eigenvalue weighted by Gasteiger charge is -2.34. The minimum absolute atomic E-state index is 0.0142. The van der Waals surface area contributed by atoms with Gasteiger partial charge in [0.1, 0.15) is 0 Å². The normalized spacial score (nSPS) is 37.2. The molecule has 2 fully saturated rings. The zero-order valence-electron chi connectivity index (χ0n) is 15.5. The molecule has 24 heavy (non-hydrogen) atoms. The van der Waals surface area contributed by atoms with Crippen molar-refractivity contribution in [1.29, 1.82) is 0 Å². The minimum atomic E-state index is -0.303. The van der Waals surface area contributed by atoms with E-state index in [9.17, 15) is 10.2 Å². The Morgan fingerprint density at radius 2 is 1.04 bits per heavy atom. The molecule has 6 nitrogen and oxygen atoms in total. The number of aliphatic hydroxyl groups is 4. The monoisotopic (exact) mass is 348 g/mol. The molecule has 144 valence electrons. The average molecular weight is 348 g/mol. The first-order chi connectivity index (χ1) is 11.3. The van der Waals surface area contributed by atoms with Gasteiger partial charge in [-0.2, -0.15) is 0 Å². The maximum absolute atomic E-state index is 9.44. The van der Waals surface area contributed by atoms with E-state index in [1.54, 1.807) is 0 Å². The summed E-state index contributed by atoms with van der Waals surface area (Å²) in [5, 5.41) is 36.6. The molecule has 0 amide bonds. The van der Waals surface area contributed by atoms with Crippen LogP contribution >= 0.6 is 0 Å². The maximum atomic E-state index is 9.44. The van der Waals surface area contributed by atoms with Crippen molar-refractivity contribution < 1.29 is 29.9 Å². The fourth-order valence-corrected chi connectivity index (χ4v) is 3.15. The summed E-state index contributed by atoms with van der Waals surface area (Å²) in [5.41, 5.74) is 0. The van der Waals surface area contributed by atoms with Crippen LogP contribution in [0, 0.1) is 11.8 Å². The maximum Gasteiger partial charge on any atom is 0.0834 e. The second-order valence-corrected chi connectivity index (χ2v) is 7.70. The number of ether oxygens (including phenoxy) is 2. The van der Waals surface area contributed by atoms with Crippen LogP contribution in [-0.2, 0) is 9.47 Å². The highest BCUT2D eigenvalue weighted by atomic mass is 16.5. The van der Waals surface area contributed by atoms with Crippen molar-refractivity contribution in [2.24, 2.45) is 11.8 Å². The van der Waals surface area contributed by atoms with Crippen LogP contribution in [0.15, 0.2) is 0 Å². The van der Waals surface area contributed by atoms with Gasteiger partial charge in [-0.3, -0.25) is 0 Å². The van der Waals surface area contributed by atoms with Crippen LogP contribution in [-0.4, -0.2) is 70.3 Å². The van der Waals surface area contributed by atoms with E-state index in [0.29, 0.717) is 37.5 Å². The van der Waals surface area contributed by atoms with E-state index >= 15 is 0 Å². The third-order valence-corrected chi connectivity index (χ3v) is 4.71. The van der Waals surface area contributed by atoms with E-state index in [1.807, 2.05) is 0 Å². The molecule has 0 aromatic carbocycles. The van der Waals surface area contributed by atoms with Crippen LogP contribution in [0.5, 0.6) is 0 Å². The van der Waals surface area contributed by atoms with Gasteiger partial charge in [-0.05, 0) is 24.7 Å². The molecule has 0 bridgehead atoms. The smallest absolute Gasteiger partial charge is 0.0834 e. The van der Waals surface area contributed by atoms with Gasteiger partial charge in [0.05, 0.1) is 49.8 Å². The van der Waals surface area contributed by atoms with Crippen LogP contribution in [0.1, 0.15) is 53.4 Å². The van der Waals surface area contributed by atoms with Crippen molar-refractivity contribution in [1.82, 2.24) is 0 Å². The summed E-state index contributed by atoms with van der Waals surface area (Å²) in [7, 11) is 0. The predicted molar refractivity (Wildman–Crippen MR) is 91.7 cm³/mol. The topological polar surface area (TPSA) is 99.4 Å². The molecule has 0 radical (unpaired) electrons. The Balaban J connectivity index is 0.000000240. The third-order valence-electron chi connectivity index (χ3n) is 4.71. The molecule has 6 atom stereocenters. The molecule has 0 saturated carbocycles. The molecule has 3 unspecified atom stereocenters. The lowest BCUT2D eigenvalue weighted by atomic mass is 9.94. The van der Waals surface area contributed by atoms with Gasteiger partial charge in [0.15, 0.2) is 0 Å². The second-order valence-electron chi connectivity index (χ2n) is 7.70. The lowest BCUT2D eigenvalue weighted by molar-refractivity contribution is -0.126. The molecule has 2 saturated heterocycles. The first-order valence-corrected chi connectivity index (χ1v) is 9.15. The fourth-order valence-electron chi connectivity index (χ4n) is 3.15. The summed E-state index contributed by atoms with van der Waals surface area (Å²) >= 11 is 0. The molecule has 2 heterocycles. The van der Waals surface area contributed by atoms with Gasteiger partial charge in [-0.1, -0.05) is 27.7 Å². The highest BCUT2D eigenvalue weighted by Crippen LogP contribution is 2.25. The Labute approximate surface area is 145 Å². The van der Waals surface area contributed by atoms with Gasteiger partial charge in [0.2, 0.25) is 0 Å². The highest BCUT2D eigenvalue weighted by molar-refractivity contribution is 4.79. The van der Waals surface area contributed by atoms with Gasteiger partial charge in [0.25, 0.3) is 0 Å². The minimum Gasteiger partial charge on any atom is -0.394 e. The average Bonchev–Trinajstić information content (AvgIpc) is 2.54. The molecule has 6 heteroatoms. The Hall–Kier alpha value is -0.240. The Bertz CT molecular complexity index is 303. The number of rotatable bonds is 4. The van der Waals surface area contributed by atoms with Gasteiger partial charge in [-0.25, -0.2) is 0 Å². The van der Waals surface area contributed by atoms with Gasteiger partial charge < -0.3 is 29.9 Å². The Morgan fingerprint density at radius 1 is 0.708 bits per heavy atom. The van der Waals surface area contributed by atoms with E-state index in [-0.39, 0.29) is 49.8 Å². The van der Waals surface area contributed by atoms with Gasteiger partial charge in [0, 0.05) is 12.8 Å². The van der Waals surface area contributed by atoms with E-state index in [2.05, 4.69) is 27.7 Å². The standard InChI is InChI=1S/2C9H18O3/c2*1-6(2)9-4-7(11)3-8(5-10)12-9/h2*6-11H,3-5H2,1-2H3/t7?,8-,9?;7-,8-,9?/m00/s1. The van der Waals surface area contributed by atoms with Gasteiger partial charge in [-0.15, -0.1) is 0 Å². The van der Waals surface area contributed by atoms with Crippen molar-refractivity contribution in [2.45, 2.75) is 90.0 Å². The summed E-state index contributed by atoms with van der Waals surface area (Å²) in [4.78, 5) is 0. The number of hydrogen-bond donors (Lipinski definition) is 4. The first kappa shape index (κ1) is 21.8. The molecular weight excluding hydrogens is 312 g/mol. The SMILES string of the molecule is CC(C)C1CC(O)C[C@@H](CO)O1.CC(C)C1C[C@@H](O)C[C@@H](CO)O1. The van der Waals surface area contributed by atoms with Crippen LogP contribution in [0.4, 0.5) is 0 Å². The van der Waals surface area contributed by atoms with E-state index in [0.717, 1.165) is 0 Å².